The Morgan fingerprint density at radius 2 is 2.13 bits per heavy atom. The second-order valence-electron chi connectivity index (χ2n) is 4.10. The molecule has 0 spiro atoms. The smallest absolute Gasteiger partial charge is 0.0511 e. The molecule has 0 aliphatic heterocycles. The fourth-order valence-electron chi connectivity index (χ4n) is 1.63. The Morgan fingerprint density at radius 1 is 1.40 bits per heavy atom. The maximum atomic E-state index is 9.16. The summed E-state index contributed by atoms with van der Waals surface area (Å²) in [7, 11) is 4.08. The van der Waals surface area contributed by atoms with Gasteiger partial charge in [0.2, 0.25) is 0 Å². The fraction of sp³-hybridized carbons (Fsp3) is 0.500. The second-order valence-corrected chi connectivity index (χ2v) is 4.10. The summed E-state index contributed by atoms with van der Waals surface area (Å²) in [5, 5.41) is 9.16. The lowest BCUT2D eigenvalue weighted by molar-refractivity contribution is 0.267. The number of hydrogen-bond acceptors (Lipinski definition) is 3. The van der Waals surface area contributed by atoms with Crippen LogP contribution in [-0.4, -0.2) is 37.3 Å². The summed E-state index contributed by atoms with van der Waals surface area (Å²) in [5.74, 6) is 0.0621. The van der Waals surface area contributed by atoms with Gasteiger partial charge >= 0.3 is 0 Å². The van der Waals surface area contributed by atoms with Gasteiger partial charge in [0.1, 0.15) is 0 Å². The molecule has 15 heavy (non-hydrogen) atoms. The van der Waals surface area contributed by atoms with Crippen LogP contribution in [0.3, 0.4) is 0 Å². The minimum Gasteiger partial charge on any atom is -0.396 e. The Balaban J connectivity index is 2.81. The molecule has 0 saturated carbocycles. The number of aliphatic hydroxyl groups is 1. The van der Waals surface area contributed by atoms with Crippen molar-refractivity contribution >= 4 is 0 Å². The van der Waals surface area contributed by atoms with E-state index in [1.165, 1.54) is 5.56 Å². The first-order valence-corrected chi connectivity index (χ1v) is 5.22. The first-order chi connectivity index (χ1) is 7.17. The number of hydrogen-bond donors (Lipinski definition) is 2. The van der Waals surface area contributed by atoms with Gasteiger partial charge < -0.3 is 15.7 Å². The van der Waals surface area contributed by atoms with E-state index in [4.69, 9.17) is 10.8 Å². The standard InChI is InChI=1S/C12H20N2O/c1-14(2)8-10-4-3-5-11(6-10)12(7-13)9-15/h3-6,12,15H,7-9,13H2,1-2H3. The van der Waals surface area contributed by atoms with Gasteiger partial charge in [-0.3, -0.25) is 0 Å². The molecule has 3 heteroatoms. The van der Waals surface area contributed by atoms with E-state index in [0.29, 0.717) is 6.54 Å². The van der Waals surface area contributed by atoms with E-state index < -0.39 is 0 Å². The molecule has 3 nitrogen and oxygen atoms in total. The average molecular weight is 208 g/mol. The van der Waals surface area contributed by atoms with Crippen molar-refractivity contribution in [2.24, 2.45) is 5.73 Å². The maximum absolute atomic E-state index is 9.16. The van der Waals surface area contributed by atoms with E-state index >= 15 is 0 Å². The third kappa shape index (κ3) is 3.63. The molecule has 0 bridgehead atoms. The van der Waals surface area contributed by atoms with Gasteiger partial charge in [0, 0.05) is 19.0 Å². The maximum Gasteiger partial charge on any atom is 0.0511 e. The van der Waals surface area contributed by atoms with Crippen LogP contribution in [0.2, 0.25) is 0 Å². The van der Waals surface area contributed by atoms with Crippen molar-refractivity contribution < 1.29 is 5.11 Å². The van der Waals surface area contributed by atoms with E-state index in [-0.39, 0.29) is 12.5 Å². The Kier molecular flexibility index (Phi) is 4.75. The van der Waals surface area contributed by atoms with Crippen molar-refractivity contribution in [2.75, 3.05) is 27.2 Å². The van der Waals surface area contributed by atoms with Crippen molar-refractivity contribution in [1.82, 2.24) is 4.90 Å². The summed E-state index contributed by atoms with van der Waals surface area (Å²) < 4.78 is 0. The molecule has 1 rings (SSSR count). The van der Waals surface area contributed by atoms with Gasteiger partial charge in [0.15, 0.2) is 0 Å². The van der Waals surface area contributed by atoms with Crippen LogP contribution >= 0.6 is 0 Å². The number of nitrogens with two attached hydrogens (primary N) is 1. The molecule has 0 saturated heterocycles. The van der Waals surface area contributed by atoms with Crippen LogP contribution in [0.15, 0.2) is 24.3 Å². The Bertz CT molecular complexity index is 295. The van der Waals surface area contributed by atoms with E-state index in [0.717, 1.165) is 12.1 Å². The second kappa shape index (κ2) is 5.85. The van der Waals surface area contributed by atoms with Crippen molar-refractivity contribution in [2.45, 2.75) is 12.5 Å². The van der Waals surface area contributed by atoms with Gasteiger partial charge in [-0.1, -0.05) is 24.3 Å². The lowest BCUT2D eigenvalue weighted by Crippen LogP contribution is -2.17. The summed E-state index contributed by atoms with van der Waals surface area (Å²) in [4.78, 5) is 2.12. The van der Waals surface area contributed by atoms with Crippen molar-refractivity contribution in [1.29, 1.82) is 0 Å². The van der Waals surface area contributed by atoms with Crippen LogP contribution in [0.1, 0.15) is 17.0 Å². The molecule has 1 unspecified atom stereocenters. The summed E-state index contributed by atoms with van der Waals surface area (Å²) >= 11 is 0. The number of aliphatic hydroxyl groups excluding tert-OH is 1. The zero-order valence-electron chi connectivity index (χ0n) is 9.48. The molecule has 84 valence electrons. The average Bonchev–Trinajstić information content (AvgIpc) is 2.19. The Hall–Kier alpha value is -0.900. The van der Waals surface area contributed by atoms with Crippen LogP contribution in [0.25, 0.3) is 0 Å². The molecule has 0 aromatic heterocycles. The predicted molar refractivity (Wildman–Crippen MR) is 62.7 cm³/mol. The van der Waals surface area contributed by atoms with Gasteiger partial charge in [0.05, 0.1) is 6.61 Å². The third-order valence-electron chi connectivity index (χ3n) is 2.43. The Labute approximate surface area is 91.5 Å². The SMILES string of the molecule is CN(C)Cc1cccc(C(CN)CO)c1. The van der Waals surface area contributed by atoms with Crippen LogP contribution in [-0.2, 0) is 6.54 Å². The van der Waals surface area contributed by atoms with Crippen molar-refractivity contribution in [3.63, 3.8) is 0 Å². The van der Waals surface area contributed by atoms with E-state index in [1.807, 2.05) is 26.2 Å². The predicted octanol–water partition coefficient (Wildman–Crippen LogP) is 0.783. The van der Waals surface area contributed by atoms with Crippen LogP contribution in [0.4, 0.5) is 0 Å². The summed E-state index contributed by atoms with van der Waals surface area (Å²) in [6, 6.07) is 8.25. The first-order valence-electron chi connectivity index (χ1n) is 5.22. The highest BCUT2D eigenvalue weighted by Crippen LogP contribution is 2.16. The normalized spacial score (nSPS) is 13.1. The lowest BCUT2D eigenvalue weighted by atomic mass is 9.98. The summed E-state index contributed by atoms with van der Waals surface area (Å²) in [5.41, 5.74) is 7.97. The van der Waals surface area contributed by atoms with Gasteiger partial charge in [-0.15, -0.1) is 0 Å². The lowest BCUT2D eigenvalue weighted by Gasteiger charge is -2.15. The molecule has 1 aromatic carbocycles. The molecule has 0 heterocycles. The van der Waals surface area contributed by atoms with E-state index in [2.05, 4.69) is 17.0 Å². The zero-order valence-corrected chi connectivity index (χ0v) is 9.48. The third-order valence-corrected chi connectivity index (χ3v) is 2.43. The van der Waals surface area contributed by atoms with Crippen LogP contribution < -0.4 is 5.73 Å². The van der Waals surface area contributed by atoms with Gasteiger partial charge in [-0.2, -0.15) is 0 Å². The summed E-state index contributed by atoms with van der Waals surface area (Å²) in [6.45, 7) is 1.51. The van der Waals surface area contributed by atoms with E-state index in [9.17, 15) is 0 Å². The quantitative estimate of drug-likeness (QED) is 0.752. The molecule has 0 amide bonds. The van der Waals surface area contributed by atoms with Gasteiger partial charge in [-0.05, 0) is 25.2 Å². The highest BCUT2D eigenvalue weighted by Gasteiger charge is 2.08. The van der Waals surface area contributed by atoms with Crippen LogP contribution in [0, 0.1) is 0 Å². The molecule has 1 atom stereocenters. The minimum atomic E-state index is 0.0621. The molecule has 0 radical (unpaired) electrons. The topological polar surface area (TPSA) is 49.5 Å². The van der Waals surface area contributed by atoms with Crippen molar-refractivity contribution in [3.05, 3.63) is 35.4 Å². The molecule has 1 aromatic rings. The first kappa shape index (κ1) is 12.2. The largest absolute Gasteiger partial charge is 0.396 e. The molecule has 3 N–H and O–H groups in total. The molecular weight excluding hydrogens is 188 g/mol. The highest BCUT2D eigenvalue weighted by molar-refractivity contribution is 5.26. The van der Waals surface area contributed by atoms with Gasteiger partial charge in [0.25, 0.3) is 0 Å². The molecule has 0 fully saturated rings. The number of rotatable bonds is 5. The highest BCUT2D eigenvalue weighted by atomic mass is 16.3. The Morgan fingerprint density at radius 3 is 2.67 bits per heavy atom. The number of benzene rings is 1. The van der Waals surface area contributed by atoms with Crippen molar-refractivity contribution in [3.8, 4) is 0 Å². The molecular formula is C12H20N2O. The summed E-state index contributed by atoms with van der Waals surface area (Å²) in [6.07, 6.45) is 0. The number of nitrogens with zero attached hydrogens (tertiary/aromatic N) is 1. The molecule has 0 aliphatic rings. The zero-order chi connectivity index (χ0) is 11.3. The van der Waals surface area contributed by atoms with Gasteiger partial charge in [-0.25, -0.2) is 0 Å². The monoisotopic (exact) mass is 208 g/mol. The molecule has 0 aliphatic carbocycles. The van der Waals surface area contributed by atoms with E-state index in [1.54, 1.807) is 0 Å². The minimum absolute atomic E-state index is 0.0621. The fourth-order valence-corrected chi connectivity index (χ4v) is 1.63. The van der Waals surface area contributed by atoms with Crippen LogP contribution in [0.5, 0.6) is 0 Å².